The molecule has 16 heavy (non-hydrogen) atoms. The van der Waals surface area contributed by atoms with Crippen molar-refractivity contribution in [1.82, 2.24) is 0 Å². The number of anilines is 1. The Morgan fingerprint density at radius 1 is 0.938 bits per heavy atom. The molecule has 1 heterocycles. The molecule has 1 saturated heterocycles. The van der Waals surface area contributed by atoms with Crippen molar-refractivity contribution in [3.8, 4) is 0 Å². The van der Waals surface area contributed by atoms with Crippen LogP contribution in [0.4, 0.5) is 5.69 Å². The molecule has 0 aromatic heterocycles. The van der Waals surface area contributed by atoms with Crippen LogP contribution in [-0.2, 0) is 0 Å². The van der Waals surface area contributed by atoms with E-state index < -0.39 is 6.02 Å². The lowest BCUT2D eigenvalue weighted by Crippen LogP contribution is -1.95. The summed E-state index contributed by atoms with van der Waals surface area (Å²) < 4.78 is 8.36. The first-order valence-corrected chi connectivity index (χ1v) is 5.60. The molecule has 2 aromatic carbocycles. The number of para-hydroxylation sites is 1. The van der Waals surface area contributed by atoms with E-state index in [0.29, 0.717) is 0 Å². The molecule has 0 N–H and O–H groups in total. The largest absolute Gasteiger partial charge is 0.357 e. The highest BCUT2D eigenvalue weighted by atomic mass is 15.3. The number of benzene rings is 2. The van der Waals surface area contributed by atoms with Crippen molar-refractivity contribution < 1.29 is 1.37 Å². The smallest absolute Gasteiger partial charge is 0.0747 e. The van der Waals surface area contributed by atoms with E-state index in [0.717, 1.165) is 5.69 Å². The van der Waals surface area contributed by atoms with E-state index in [1.165, 1.54) is 5.56 Å². The van der Waals surface area contributed by atoms with Crippen molar-refractivity contribution in [2.75, 3.05) is 4.90 Å². The van der Waals surface area contributed by atoms with Crippen LogP contribution in [0.25, 0.3) is 0 Å². The van der Waals surface area contributed by atoms with Gasteiger partial charge in [-0.05, 0) is 24.6 Å². The third-order valence-electron chi connectivity index (χ3n) is 3.12. The van der Waals surface area contributed by atoms with Crippen LogP contribution in [0.15, 0.2) is 60.7 Å². The highest BCUT2D eigenvalue weighted by Gasteiger charge is 2.44. The molecule has 1 aliphatic rings. The molecule has 0 bridgehead atoms. The maximum absolute atomic E-state index is 8.36. The lowest BCUT2D eigenvalue weighted by Gasteiger charge is -2.05. The SMILES string of the molecule is [2H][C@@]1(C)[C@H](c2ccccc2)N1c1ccccc1. The first kappa shape index (κ1) is 8.40. The number of nitrogens with zero attached hydrogens (tertiary/aromatic N) is 1. The van der Waals surface area contributed by atoms with Gasteiger partial charge in [-0.2, -0.15) is 0 Å². The molecule has 0 spiro atoms. The Balaban J connectivity index is 1.95. The van der Waals surface area contributed by atoms with Gasteiger partial charge in [-0.3, -0.25) is 0 Å². The first-order valence-electron chi connectivity index (χ1n) is 6.10. The monoisotopic (exact) mass is 210 g/mol. The quantitative estimate of drug-likeness (QED) is 0.684. The van der Waals surface area contributed by atoms with Gasteiger partial charge in [0, 0.05) is 5.69 Å². The summed E-state index contributed by atoms with van der Waals surface area (Å²) >= 11 is 0. The summed E-state index contributed by atoms with van der Waals surface area (Å²) in [4.78, 5) is 2.14. The van der Waals surface area contributed by atoms with Gasteiger partial charge in [0.15, 0.2) is 0 Å². The second-order valence-corrected chi connectivity index (χ2v) is 4.16. The lowest BCUT2D eigenvalue weighted by molar-refractivity contribution is 1.04. The summed E-state index contributed by atoms with van der Waals surface area (Å²) in [5.74, 6) is 0. The molecule has 80 valence electrons. The van der Waals surface area contributed by atoms with E-state index in [1.54, 1.807) is 0 Å². The minimum atomic E-state index is -0.525. The highest BCUT2D eigenvalue weighted by molar-refractivity contribution is 5.58. The summed E-state index contributed by atoms with van der Waals surface area (Å²) in [5, 5.41) is 0. The van der Waals surface area contributed by atoms with E-state index >= 15 is 0 Å². The van der Waals surface area contributed by atoms with Crippen molar-refractivity contribution in [1.29, 1.82) is 0 Å². The van der Waals surface area contributed by atoms with E-state index in [9.17, 15) is 0 Å². The van der Waals surface area contributed by atoms with Gasteiger partial charge in [-0.15, -0.1) is 0 Å². The van der Waals surface area contributed by atoms with Crippen LogP contribution < -0.4 is 4.90 Å². The summed E-state index contributed by atoms with van der Waals surface area (Å²) in [6.07, 6.45) is 0. The summed E-state index contributed by atoms with van der Waals surface area (Å²) in [6.45, 7) is 1.97. The van der Waals surface area contributed by atoms with Crippen LogP contribution >= 0.6 is 0 Å². The lowest BCUT2D eigenvalue weighted by atomic mass is 10.1. The van der Waals surface area contributed by atoms with Crippen LogP contribution in [-0.4, -0.2) is 6.02 Å². The third kappa shape index (κ3) is 1.49. The second kappa shape index (κ2) is 3.67. The summed E-state index contributed by atoms with van der Waals surface area (Å²) in [7, 11) is 0. The van der Waals surface area contributed by atoms with Crippen LogP contribution in [0, 0.1) is 0 Å². The Hall–Kier alpha value is -1.76. The molecule has 1 aliphatic heterocycles. The van der Waals surface area contributed by atoms with Crippen LogP contribution in [0.1, 0.15) is 19.9 Å². The molecular weight excluding hydrogens is 194 g/mol. The van der Waals surface area contributed by atoms with Gasteiger partial charge in [-0.25, -0.2) is 0 Å². The fourth-order valence-electron chi connectivity index (χ4n) is 2.26. The molecule has 0 aliphatic carbocycles. The van der Waals surface area contributed by atoms with Gasteiger partial charge >= 0.3 is 0 Å². The molecule has 3 rings (SSSR count). The number of hydrogen-bond acceptors (Lipinski definition) is 1. The highest BCUT2D eigenvalue weighted by Crippen LogP contribution is 2.46. The Morgan fingerprint density at radius 3 is 2.12 bits per heavy atom. The minimum Gasteiger partial charge on any atom is -0.357 e. The Bertz CT molecular complexity index is 459. The normalized spacial score (nSPS) is 28.7. The molecule has 1 nitrogen and oxygen atoms in total. The summed E-state index contributed by atoms with van der Waals surface area (Å²) in [6, 6.07) is 20.1. The Labute approximate surface area is 97.7 Å². The van der Waals surface area contributed by atoms with Crippen LogP contribution in [0.2, 0.25) is 0 Å². The predicted octanol–water partition coefficient (Wildman–Crippen LogP) is 3.64. The molecule has 2 aromatic rings. The molecule has 1 heteroatoms. The third-order valence-corrected chi connectivity index (χ3v) is 3.12. The van der Waals surface area contributed by atoms with Gasteiger partial charge in [0.1, 0.15) is 0 Å². The number of hydrogen-bond donors (Lipinski definition) is 0. The van der Waals surface area contributed by atoms with Crippen molar-refractivity contribution in [3.05, 3.63) is 66.2 Å². The molecular formula is C15H15N. The van der Waals surface area contributed by atoms with Crippen molar-refractivity contribution in [2.24, 2.45) is 0 Å². The van der Waals surface area contributed by atoms with Crippen LogP contribution in [0.5, 0.6) is 0 Å². The first-order chi connectivity index (χ1) is 8.21. The average molecular weight is 210 g/mol. The zero-order valence-corrected chi connectivity index (χ0v) is 9.30. The standard InChI is InChI=1S/C15H15N/c1-12-15(13-8-4-2-5-9-13)16(12)14-10-6-3-7-11-14/h2-12,15H,1H3/t12-,15-,16?/m1/s1/i12D. The fourth-order valence-corrected chi connectivity index (χ4v) is 2.26. The van der Waals surface area contributed by atoms with Crippen LogP contribution in [0.3, 0.4) is 0 Å². The maximum atomic E-state index is 8.36. The second-order valence-electron chi connectivity index (χ2n) is 4.16. The number of rotatable bonds is 2. The van der Waals surface area contributed by atoms with E-state index in [4.69, 9.17) is 1.37 Å². The molecule has 0 saturated carbocycles. The minimum absolute atomic E-state index is 0.172. The predicted molar refractivity (Wildman–Crippen MR) is 67.6 cm³/mol. The zero-order valence-electron chi connectivity index (χ0n) is 10.3. The van der Waals surface area contributed by atoms with Crippen molar-refractivity contribution >= 4 is 5.69 Å². The summed E-state index contributed by atoms with van der Waals surface area (Å²) in [5.41, 5.74) is 2.34. The van der Waals surface area contributed by atoms with E-state index in [2.05, 4.69) is 29.2 Å². The van der Waals surface area contributed by atoms with E-state index in [-0.39, 0.29) is 6.04 Å². The Kier molecular flexibility index (Phi) is 1.93. The molecule has 0 unspecified atom stereocenters. The molecule has 2 atom stereocenters. The topological polar surface area (TPSA) is 3.01 Å². The van der Waals surface area contributed by atoms with Gasteiger partial charge in [0.2, 0.25) is 0 Å². The van der Waals surface area contributed by atoms with Gasteiger partial charge in [0.05, 0.1) is 13.4 Å². The maximum Gasteiger partial charge on any atom is 0.0747 e. The molecule has 0 amide bonds. The Morgan fingerprint density at radius 2 is 1.50 bits per heavy atom. The van der Waals surface area contributed by atoms with Crippen molar-refractivity contribution in [3.63, 3.8) is 0 Å². The fraction of sp³-hybridized carbons (Fsp3) is 0.200. The van der Waals surface area contributed by atoms with Gasteiger partial charge in [-0.1, -0.05) is 48.5 Å². The average Bonchev–Trinajstić information content (AvgIpc) is 2.94. The zero-order chi connectivity index (χ0) is 11.9. The molecule has 0 radical (unpaired) electrons. The van der Waals surface area contributed by atoms with Crippen molar-refractivity contribution in [2.45, 2.75) is 19.0 Å². The van der Waals surface area contributed by atoms with E-state index in [1.807, 2.05) is 43.3 Å². The van der Waals surface area contributed by atoms with Gasteiger partial charge in [0.25, 0.3) is 0 Å². The van der Waals surface area contributed by atoms with Gasteiger partial charge < -0.3 is 4.90 Å². The molecule has 1 fully saturated rings.